The van der Waals surface area contributed by atoms with E-state index in [0.29, 0.717) is 5.95 Å². The maximum atomic E-state index is 5.25. The number of hydrogen-bond acceptors (Lipinski definition) is 7. The molecule has 7 heteroatoms. The highest BCUT2D eigenvalue weighted by Crippen LogP contribution is 2.22. The van der Waals surface area contributed by atoms with E-state index in [1.54, 1.807) is 7.11 Å². The van der Waals surface area contributed by atoms with Gasteiger partial charge in [-0.2, -0.15) is 4.98 Å². The van der Waals surface area contributed by atoms with E-state index in [9.17, 15) is 0 Å². The van der Waals surface area contributed by atoms with E-state index in [4.69, 9.17) is 9.72 Å². The Balaban J connectivity index is 1.60. The predicted octanol–water partition coefficient (Wildman–Crippen LogP) is 2.09. The van der Waals surface area contributed by atoms with E-state index in [2.05, 4.69) is 57.3 Å². The van der Waals surface area contributed by atoms with Gasteiger partial charge in [0.2, 0.25) is 5.95 Å². The molecule has 3 rings (SSSR count). The van der Waals surface area contributed by atoms with Crippen LogP contribution in [0.3, 0.4) is 0 Å². The third kappa shape index (κ3) is 5.23. The Morgan fingerprint density at radius 1 is 1.04 bits per heavy atom. The topological polar surface area (TPSA) is 56.8 Å². The molecule has 146 valence electrons. The molecule has 1 aliphatic rings. The van der Waals surface area contributed by atoms with Gasteiger partial charge in [0.1, 0.15) is 11.6 Å². The molecule has 1 aromatic carbocycles. The second kappa shape index (κ2) is 8.90. The minimum atomic E-state index is 0.712. The van der Waals surface area contributed by atoms with Crippen LogP contribution in [0.1, 0.15) is 5.69 Å². The van der Waals surface area contributed by atoms with Crippen molar-refractivity contribution in [2.75, 3.05) is 75.6 Å². The number of aryl methyl sites for hydroxylation is 1. The number of nitrogens with one attached hydrogen (secondary N) is 1. The molecule has 1 saturated heterocycles. The molecule has 0 atom stereocenters. The number of hydrogen-bond donors (Lipinski definition) is 1. The fourth-order valence-corrected chi connectivity index (χ4v) is 3.17. The molecule has 2 heterocycles. The van der Waals surface area contributed by atoms with Crippen molar-refractivity contribution in [2.24, 2.45) is 0 Å². The Labute approximate surface area is 162 Å². The van der Waals surface area contributed by atoms with Gasteiger partial charge in [0.15, 0.2) is 0 Å². The van der Waals surface area contributed by atoms with E-state index in [-0.39, 0.29) is 0 Å². The van der Waals surface area contributed by atoms with Crippen LogP contribution in [-0.2, 0) is 0 Å². The molecule has 0 radical (unpaired) electrons. The van der Waals surface area contributed by atoms with E-state index in [1.165, 1.54) is 5.69 Å². The first-order valence-electron chi connectivity index (χ1n) is 9.43. The number of benzene rings is 1. The van der Waals surface area contributed by atoms with E-state index in [1.807, 2.05) is 19.1 Å². The Bertz CT molecular complexity index is 726. The van der Waals surface area contributed by atoms with Gasteiger partial charge in [-0.1, -0.05) is 0 Å². The monoisotopic (exact) mass is 370 g/mol. The van der Waals surface area contributed by atoms with Gasteiger partial charge in [-0.25, -0.2) is 4.98 Å². The number of ether oxygens (including phenoxy) is 1. The van der Waals surface area contributed by atoms with Gasteiger partial charge in [0.25, 0.3) is 0 Å². The maximum absolute atomic E-state index is 5.25. The van der Waals surface area contributed by atoms with Crippen LogP contribution in [0.2, 0.25) is 0 Å². The highest BCUT2D eigenvalue weighted by molar-refractivity contribution is 5.52. The second-order valence-corrected chi connectivity index (χ2v) is 7.09. The van der Waals surface area contributed by atoms with E-state index in [0.717, 1.165) is 56.5 Å². The van der Waals surface area contributed by atoms with Crippen LogP contribution < -0.4 is 19.9 Å². The molecule has 1 aromatic heterocycles. The first-order valence-corrected chi connectivity index (χ1v) is 9.43. The van der Waals surface area contributed by atoms with E-state index >= 15 is 0 Å². The highest BCUT2D eigenvalue weighted by Gasteiger charge is 2.19. The molecule has 7 nitrogen and oxygen atoms in total. The summed E-state index contributed by atoms with van der Waals surface area (Å²) in [6, 6.07) is 10.3. The minimum Gasteiger partial charge on any atom is -0.497 e. The lowest BCUT2D eigenvalue weighted by Gasteiger charge is -2.37. The van der Waals surface area contributed by atoms with Gasteiger partial charge in [-0.15, -0.1) is 0 Å². The van der Waals surface area contributed by atoms with Crippen molar-refractivity contribution in [1.82, 2.24) is 14.9 Å². The number of anilines is 3. The smallest absolute Gasteiger partial charge is 0.224 e. The average Bonchev–Trinajstić information content (AvgIpc) is 2.67. The van der Waals surface area contributed by atoms with Crippen molar-refractivity contribution in [3.8, 4) is 5.75 Å². The SMILES string of the molecule is COc1ccc(N2CCN(c3cc(C)nc(NCCN(C)C)n3)CC2)cc1. The summed E-state index contributed by atoms with van der Waals surface area (Å²) in [4.78, 5) is 16.1. The number of methoxy groups -OCH3 is 1. The summed E-state index contributed by atoms with van der Waals surface area (Å²) in [6.45, 7) is 7.64. The lowest BCUT2D eigenvalue weighted by molar-refractivity contribution is 0.415. The average molecular weight is 371 g/mol. The molecule has 0 saturated carbocycles. The summed E-state index contributed by atoms with van der Waals surface area (Å²) >= 11 is 0. The number of nitrogens with zero attached hydrogens (tertiary/aromatic N) is 5. The molecule has 1 aliphatic heterocycles. The number of likely N-dealkylation sites (N-methyl/N-ethyl adjacent to an activating group) is 1. The third-order valence-corrected chi connectivity index (χ3v) is 4.72. The van der Waals surface area contributed by atoms with Crippen molar-refractivity contribution >= 4 is 17.5 Å². The quantitative estimate of drug-likeness (QED) is 0.801. The third-order valence-electron chi connectivity index (χ3n) is 4.72. The number of piperazine rings is 1. The zero-order valence-electron chi connectivity index (χ0n) is 16.8. The van der Waals surface area contributed by atoms with Gasteiger partial charge in [-0.3, -0.25) is 0 Å². The Morgan fingerprint density at radius 3 is 2.33 bits per heavy atom. The van der Waals surface area contributed by atoms with Gasteiger partial charge in [0.05, 0.1) is 7.11 Å². The van der Waals surface area contributed by atoms with Crippen LogP contribution in [0, 0.1) is 6.92 Å². The largest absolute Gasteiger partial charge is 0.497 e. The van der Waals surface area contributed by atoms with Crippen molar-refractivity contribution in [3.05, 3.63) is 36.0 Å². The second-order valence-electron chi connectivity index (χ2n) is 7.09. The van der Waals surface area contributed by atoms with Crippen molar-refractivity contribution in [3.63, 3.8) is 0 Å². The normalized spacial score (nSPS) is 14.6. The fraction of sp³-hybridized carbons (Fsp3) is 0.500. The zero-order chi connectivity index (χ0) is 19.2. The summed E-state index contributed by atoms with van der Waals surface area (Å²) in [5.41, 5.74) is 2.23. The Morgan fingerprint density at radius 2 is 1.70 bits per heavy atom. The molecule has 27 heavy (non-hydrogen) atoms. The lowest BCUT2D eigenvalue weighted by Crippen LogP contribution is -2.46. The van der Waals surface area contributed by atoms with Gasteiger partial charge in [-0.05, 0) is 45.3 Å². The van der Waals surface area contributed by atoms with Crippen LogP contribution in [0.15, 0.2) is 30.3 Å². The van der Waals surface area contributed by atoms with Crippen LogP contribution in [0.25, 0.3) is 0 Å². The summed E-state index contributed by atoms with van der Waals surface area (Å²) in [6.07, 6.45) is 0. The first kappa shape index (κ1) is 19.2. The van der Waals surface area contributed by atoms with Crippen LogP contribution in [-0.4, -0.2) is 75.3 Å². The summed E-state index contributed by atoms with van der Waals surface area (Å²) in [7, 11) is 5.82. The van der Waals surface area contributed by atoms with E-state index < -0.39 is 0 Å². The standard InChI is InChI=1S/C20H30N6O/c1-16-15-19(23-20(22-16)21-9-10-24(2)3)26-13-11-25(12-14-26)17-5-7-18(27-4)8-6-17/h5-8,15H,9-14H2,1-4H3,(H,21,22,23). The summed E-state index contributed by atoms with van der Waals surface area (Å²) in [5, 5.41) is 3.33. The Kier molecular flexibility index (Phi) is 6.34. The lowest BCUT2D eigenvalue weighted by atomic mass is 10.2. The number of aromatic nitrogens is 2. The summed E-state index contributed by atoms with van der Waals surface area (Å²) in [5.74, 6) is 2.61. The Hall–Kier alpha value is -2.54. The molecule has 0 spiro atoms. The predicted molar refractivity (Wildman–Crippen MR) is 111 cm³/mol. The van der Waals surface area contributed by atoms with Crippen molar-refractivity contribution in [1.29, 1.82) is 0 Å². The zero-order valence-corrected chi connectivity index (χ0v) is 16.8. The minimum absolute atomic E-state index is 0.712. The molecular formula is C20H30N6O. The van der Waals surface area contributed by atoms with Gasteiger partial charge in [0, 0.05) is 56.7 Å². The van der Waals surface area contributed by atoms with Crippen LogP contribution in [0.5, 0.6) is 5.75 Å². The maximum Gasteiger partial charge on any atom is 0.224 e. The van der Waals surface area contributed by atoms with Gasteiger partial charge < -0.3 is 24.8 Å². The van der Waals surface area contributed by atoms with Gasteiger partial charge >= 0.3 is 0 Å². The first-order chi connectivity index (χ1) is 13.0. The number of rotatable bonds is 7. The molecule has 0 amide bonds. The molecule has 1 fully saturated rings. The molecule has 0 aliphatic carbocycles. The molecule has 2 aromatic rings. The van der Waals surface area contributed by atoms with Crippen molar-refractivity contribution < 1.29 is 4.74 Å². The van der Waals surface area contributed by atoms with Crippen LogP contribution in [0.4, 0.5) is 17.5 Å². The molecule has 0 bridgehead atoms. The molecular weight excluding hydrogens is 340 g/mol. The summed E-state index contributed by atoms with van der Waals surface area (Å²) < 4.78 is 5.25. The fourth-order valence-electron chi connectivity index (χ4n) is 3.17. The van der Waals surface area contributed by atoms with Crippen molar-refractivity contribution in [2.45, 2.75) is 6.92 Å². The van der Waals surface area contributed by atoms with Crippen LogP contribution >= 0.6 is 0 Å². The highest BCUT2D eigenvalue weighted by atomic mass is 16.5. The molecule has 0 unspecified atom stereocenters. The molecule has 1 N–H and O–H groups in total.